The number of aryl methyl sites for hydroxylation is 1. The molecule has 1 saturated heterocycles. The molecule has 0 unspecified atom stereocenters. The zero-order chi connectivity index (χ0) is 19.2. The first-order valence-corrected chi connectivity index (χ1v) is 9.18. The molecule has 0 bridgehead atoms. The van der Waals surface area contributed by atoms with Crippen LogP contribution in [0.1, 0.15) is 25.3 Å². The standard InChI is InChI=1S/C21H24FN3O2/c1-15(10-11-16-6-3-2-4-7-16)23-21(27)24-18-13-20(26)25(14-18)19-9-5-8-17(22)12-19/h2-9,12,15,18H,10-11,13-14H2,1H3,(H2,23,24,27)/t15-,18+/m0/s1. The Labute approximate surface area is 158 Å². The van der Waals surface area contributed by atoms with Crippen molar-refractivity contribution >= 4 is 17.6 Å². The highest BCUT2D eigenvalue weighted by Gasteiger charge is 2.31. The van der Waals surface area contributed by atoms with Crippen LogP contribution in [0.15, 0.2) is 54.6 Å². The maximum absolute atomic E-state index is 13.4. The number of hydrogen-bond acceptors (Lipinski definition) is 2. The quantitative estimate of drug-likeness (QED) is 0.821. The Bertz CT molecular complexity index is 797. The lowest BCUT2D eigenvalue weighted by Crippen LogP contribution is -2.46. The first-order chi connectivity index (χ1) is 13.0. The summed E-state index contributed by atoms with van der Waals surface area (Å²) in [7, 11) is 0. The van der Waals surface area contributed by atoms with Crippen LogP contribution < -0.4 is 15.5 Å². The number of hydrogen-bond donors (Lipinski definition) is 2. The molecule has 1 aliphatic rings. The molecule has 142 valence electrons. The number of amides is 3. The van der Waals surface area contributed by atoms with Crippen LogP contribution in [0.3, 0.4) is 0 Å². The van der Waals surface area contributed by atoms with Gasteiger partial charge < -0.3 is 15.5 Å². The Morgan fingerprint density at radius 3 is 2.74 bits per heavy atom. The van der Waals surface area contributed by atoms with Crippen LogP contribution in [0, 0.1) is 5.82 Å². The minimum absolute atomic E-state index is 0.0154. The van der Waals surface area contributed by atoms with E-state index in [0.717, 1.165) is 12.8 Å². The van der Waals surface area contributed by atoms with Crippen LogP contribution in [0.2, 0.25) is 0 Å². The SMILES string of the molecule is C[C@@H](CCc1ccccc1)NC(=O)N[C@@H]1CC(=O)N(c2cccc(F)c2)C1. The molecule has 3 amide bonds. The van der Waals surface area contributed by atoms with Gasteiger partial charge in [-0.05, 0) is 43.5 Å². The summed E-state index contributed by atoms with van der Waals surface area (Å²) in [6.07, 6.45) is 1.93. The van der Waals surface area contributed by atoms with Gasteiger partial charge in [-0.25, -0.2) is 9.18 Å². The minimum atomic E-state index is -0.387. The van der Waals surface area contributed by atoms with E-state index in [1.54, 1.807) is 12.1 Å². The van der Waals surface area contributed by atoms with Crippen molar-refractivity contribution in [1.29, 1.82) is 0 Å². The zero-order valence-corrected chi connectivity index (χ0v) is 15.3. The monoisotopic (exact) mass is 369 g/mol. The van der Waals surface area contributed by atoms with E-state index in [9.17, 15) is 14.0 Å². The molecule has 0 radical (unpaired) electrons. The van der Waals surface area contributed by atoms with Crippen LogP contribution in [0.5, 0.6) is 0 Å². The molecular weight excluding hydrogens is 345 g/mol. The largest absolute Gasteiger partial charge is 0.336 e. The van der Waals surface area contributed by atoms with Crippen molar-refractivity contribution in [1.82, 2.24) is 10.6 Å². The number of halogens is 1. The van der Waals surface area contributed by atoms with E-state index in [1.807, 2.05) is 25.1 Å². The van der Waals surface area contributed by atoms with Gasteiger partial charge >= 0.3 is 6.03 Å². The third kappa shape index (κ3) is 5.29. The number of carbonyl (C=O) groups excluding carboxylic acids is 2. The van der Waals surface area contributed by atoms with Crippen LogP contribution in [-0.4, -0.2) is 30.6 Å². The fraction of sp³-hybridized carbons (Fsp3) is 0.333. The number of anilines is 1. The number of nitrogens with zero attached hydrogens (tertiary/aromatic N) is 1. The molecule has 2 aromatic carbocycles. The Kier molecular flexibility index (Phi) is 6.06. The van der Waals surface area contributed by atoms with Crippen molar-refractivity contribution in [2.24, 2.45) is 0 Å². The number of carbonyl (C=O) groups is 2. The highest BCUT2D eigenvalue weighted by molar-refractivity contribution is 5.96. The van der Waals surface area contributed by atoms with E-state index in [2.05, 4.69) is 22.8 Å². The van der Waals surface area contributed by atoms with Gasteiger partial charge in [-0.1, -0.05) is 36.4 Å². The average Bonchev–Trinajstić information content (AvgIpc) is 3.01. The molecule has 1 aliphatic heterocycles. The number of rotatable bonds is 6. The van der Waals surface area contributed by atoms with Gasteiger partial charge in [0.15, 0.2) is 0 Å². The molecule has 1 heterocycles. The lowest BCUT2D eigenvalue weighted by molar-refractivity contribution is -0.117. The molecular formula is C21H24FN3O2. The number of benzene rings is 2. The van der Waals surface area contributed by atoms with E-state index in [4.69, 9.17) is 0 Å². The molecule has 1 fully saturated rings. The molecule has 6 heteroatoms. The molecule has 5 nitrogen and oxygen atoms in total. The fourth-order valence-electron chi connectivity index (χ4n) is 3.25. The molecule has 0 aliphatic carbocycles. The second-order valence-corrected chi connectivity index (χ2v) is 6.93. The molecule has 2 N–H and O–H groups in total. The normalized spacial score (nSPS) is 17.6. The predicted molar refractivity (Wildman–Crippen MR) is 103 cm³/mol. The zero-order valence-electron chi connectivity index (χ0n) is 15.3. The Morgan fingerprint density at radius 1 is 1.22 bits per heavy atom. The van der Waals surface area contributed by atoms with E-state index >= 15 is 0 Å². The maximum atomic E-state index is 13.4. The van der Waals surface area contributed by atoms with Gasteiger partial charge in [-0.3, -0.25) is 4.79 Å². The van der Waals surface area contributed by atoms with Gasteiger partial charge in [0.1, 0.15) is 5.82 Å². The summed E-state index contributed by atoms with van der Waals surface area (Å²) in [5.41, 5.74) is 1.75. The summed E-state index contributed by atoms with van der Waals surface area (Å²) in [5.74, 6) is -0.510. The Balaban J connectivity index is 1.46. The van der Waals surface area contributed by atoms with Crippen LogP contribution in [0.25, 0.3) is 0 Å². The summed E-state index contributed by atoms with van der Waals surface area (Å²) in [6, 6.07) is 15.5. The van der Waals surface area contributed by atoms with E-state index in [-0.39, 0.29) is 36.3 Å². The molecule has 2 atom stereocenters. The van der Waals surface area contributed by atoms with Crippen molar-refractivity contribution in [2.45, 2.75) is 38.3 Å². The summed E-state index contributed by atoms with van der Waals surface area (Å²) in [6.45, 7) is 2.30. The lowest BCUT2D eigenvalue weighted by Gasteiger charge is -2.19. The van der Waals surface area contributed by atoms with Crippen LogP contribution in [0.4, 0.5) is 14.9 Å². The fourth-order valence-corrected chi connectivity index (χ4v) is 3.25. The first-order valence-electron chi connectivity index (χ1n) is 9.18. The summed E-state index contributed by atoms with van der Waals surface area (Å²) in [4.78, 5) is 25.9. The second-order valence-electron chi connectivity index (χ2n) is 6.93. The van der Waals surface area contributed by atoms with Gasteiger partial charge in [0, 0.05) is 24.7 Å². The molecule has 2 aromatic rings. The highest BCUT2D eigenvalue weighted by Crippen LogP contribution is 2.22. The highest BCUT2D eigenvalue weighted by atomic mass is 19.1. The summed E-state index contributed by atoms with van der Waals surface area (Å²) >= 11 is 0. The second kappa shape index (κ2) is 8.66. The van der Waals surface area contributed by atoms with Crippen LogP contribution >= 0.6 is 0 Å². The van der Waals surface area contributed by atoms with Gasteiger partial charge in [0.25, 0.3) is 0 Å². The van der Waals surface area contributed by atoms with E-state index in [1.165, 1.54) is 22.6 Å². The lowest BCUT2D eigenvalue weighted by atomic mass is 10.1. The molecule has 0 saturated carbocycles. The summed E-state index contributed by atoms with van der Waals surface area (Å²) in [5, 5.41) is 5.76. The van der Waals surface area contributed by atoms with Gasteiger partial charge in [-0.2, -0.15) is 0 Å². The van der Waals surface area contributed by atoms with Crippen molar-refractivity contribution < 1.29 is 14.0 Å². The third-order valence-electron chi connectivity index (χ3n) is 4.67. The third-order valence-corrected chi connectivity index (χ3v) is 4.67. The number of nitrogens with one attached hydrogen (secondary N) is 2. The van der Waals surface area contributed by atoms with E-state index in [0.29, 0.717) is 12.2 Å². The molecule has 27 heavy (non-hydrogen) atoms. The van der Waals surface area contributed by atoms with Gasteiger partial charge in [0.05, 0.1) is 6.04 Å². The van der Waals surface area contributed by atoms with Gasteiger partial charge in [0.2, 0.25) is 5.91 Å². The topological polar surface area (TPSA) is 61.4 Å². The van der Waals surface area contributed by atoms with Crippen molar-refractivity contribution in [3.8, 4) is 0 Å². The smallest absolute Gasteiger partial charge is 0.315 e. The van der Waals surface area contributed by atoms with Crippen molar-refractivity contribution in [3.63, 3.8) is 0 Å². The van der Waals surface area contributed by atoms with Crippen molar-refractivity contribution in [2.75, 3.05) is 11.4 Å². The molecule has 3 rings (SSSR count). The van der Waals surface area contributed by atoms with Crippen LogP contribution in [-0.2, 0) is 11.2 Å². The maximum Gasteiger partial charge on any atom is 0.315 e. The Morgan fingerprint density at radius 2 is 2.00 bits per heavy atom. The minimum Gasteiger partial charge on any atom is -0.336 e. The predicted octanol–water partition coefficient (Wildman–Crippen LogP) is 3.25. The molecule has 0 spiro atoms. The number of urea groups is 1. The Hall–Kier alpha value is -2.89. The molecule has 0 aromatic heterocycles. The average molecular weight is 369 g/mol. The first kappa shape index (κ1) is 18.9. The summed E-state index contributed by atoms with van der Waals surface area (Å²) < 4.78 is 13.4. The van der Waals surface area contributed by atoms with E-state index < -0.39 is 0 Å². The van der Waals surface area contributed by atoms with Crippen molar-refractivity contribution in [3.05, 3.63) is 66.0 Å². The van der Waals surface area contributed by atoms with Gasteiger partial charge in [-0.15, -0.1) is 0 Å².